The highest BCUT2D eigenvalue weighted by atomic mass is 127. The van der Waals surface area contributed by atoms with Gasteiger partial charge in [-0.25, -0.2) is 5.43 Å². The van der Waals surface area contributed by atoms with Crippen LogP contribution in [0.15, 0.2) is 41.5 Å². The number of benzene rings is 2. The third-order valence-corrected chi connectivity index (χ3v) is 4.01. The molecule has 1 N–H and O–H groups in total. The molecule has 0 aliphatic heterocycles. The van der Waals surface area contributed by atoms with Gasteiger partial charge in [0.05, 0.1) is 31.1 Å². The molecule has 0 spiro atoms. The molecule has 2 rings (SSSR count). The molecule has 0 heterocycles. The number of methoxy groups -OCH3 is 3. The molecule has 126 valence electrons. The van der Waals surface area contributed by atoms with Gasteiger partial charge in [-0.2, -0.15) is 5.10 Å². The van der Waals surface area contributed by atoms with E-state index in [1.807, 2.05) is 18.2 Å². The third kappa shape index (κ3) is 4.60. The first-order chi connectivity index (χ1) is 11.6. The lowest BCUT2D eigenvalue weighted by molar-refractivity contribution is 0.0954. The Hall–Kier alpha value is -2.29. The van der Waals surface area contributed by atoms with Crippen LogP contribution in [-0.2, 0) is 0 Å². The molecule has 6 nitrogen and oxygen atoms in total. The van der Waals surface area contributed by atoms with Crippen molar-refractivity contribution in [2.45, 2.75) is 0 Å². The SMILES string of the molecule is COc1cc(OC)cc(C(=O)N/N=C\c2ccc(OC)c(I)c2)c1. The van der Waals surface area contributed by atoms with Crippen LogP contribution in [0.3, 0.4) is 0 Å². The van der Waals surface area contributed by atoms with Crippen LogP contribution in [0.2, 0.25) is 0 Å². The number of hydrazone groups is 1. The number of nitrogens with zero attached hydrogens (tertiary/aromatic N) is 1. The van der Waals surface area contributed by atoms with Crippen molar-refractivity contribution in [2.24, 2.45) is 5.10 Å². The summed E-state index contributed by atoms with van der Waals surface area (Å²) in [7, 11) is 4.67. The first kappa shape index (κ1) is 18.1. The van der Waals surface area contributed by atoms with E-state index in [-0.39, 0.29) is 5.91 Å². The highest BCUT2D eigenvalue weighted by Gasteiger charge is 2.09. The van der Waals surface area contributed by atoms with Crippen LogP contribution < -0.4 is 19.6 Å². The molecule has 0 saturated carbocycles. The molecule has 0 fully saturated rings. The Bertz CT molecular complexity index is 740. The molecular weight excluding hydrogens is 423 g/mol. The van der Waals surface area contributed by atoms with Crippen LogP contribution in [0.25, 0.3) is 0 Å². The monoisotopic (exact) mass is 440 g/mol. The van der Waals surface area contributed by atoms with Gasteiger partial charge in [-0.3, -0.25) is 4.79 Å². The number of rotatable bonds is 6. The number of hydrogen-bond acceptors (Lipinski definition) is 5. The van der Waals surface area contributed by atoms with E-state index >= 15 is 0 Å². The Morgan fingerprint density at radius 2 is 1.71 bits per heavy atom. The lowest BCUT2D eigenvalue weighted by Gasteiger charge is -2.07. The Kier molecular flexibility index (Phi) is 6.42. The predicted molar refractivity (Wildman–Crippen MR) is 100 cm³/mol. The van der Waals surface area contributed by atoms with Gasteiger partial charge in [0.15, 0.2) is 0 Å². The third-order valence-electron chi connectivity index (χ3n) is 3.17. The van der Waals surface area contributed by atoms with Crippen molar-refractivity contribution in [3.63, 3.8) is 0 Å². The second kappa shape index (κ2) is 8.53. The van der Waals surface area contributed by atoms with Crippen LogP contribution in [-0.4, -0.2) is 33.5 Å². The van der Waals surface area contributed by atoms with Crippen LogP contribution in [0, 0.1) is 3.57 Å². The molecule has 0 saturated heterocycles. The molecule has 0 unspecified atom stereocenters. The van der Waals surface area contributed by atoms with Crippen LogP contribution in [0.4, 0.5) is 0 Å². The van der Waals surface area contributed by atoms with E-state index in [0.717, 1.165) is 14.9 Å². The lowest BCUT2D eigenvalue weighted by Crippen LogP contribution is -2.17. The van der Waals surface area contributed by atoms with Gasteiger partial charge >= 0.3 is 0 Å². The minimum Gasteiger partial charge on any atom is -0.497 e. The van der Waals surface area contributed by atoms with E-state index in [0.29, 0.717) is 17.1 Å². The topological polar surface area (TPSA) is 69.2 Å². The average Bonchev–Trinajstić information content (AvgIpc) is 2.61. The van der Waals surface area contributed by atoms with Gasteiger partial charge in [0, 0.05) is 11.6 Å². The summed E-state index contributed by atoms with van der Waals surface area (Å²) in [5.41, 5.74) is 3.73. The zero-order valence-corrected chi connectivity index (χ0v) is 15.7. The van der Waals surface area contributed by atoms with Gasteiger partial charge in [0.1, 0.15) is 17.2 Å². The van der Waals surface area contributed by atoms with Gasteiger partial charge in [0.25, 0.3) is 5.91 Å². The number of ether oxygens (including phenoxy) is 3. The fourth-order valence-electron chi connectivity index (χ4n) is 1.93. The highest BCUT2D eigenvalue weighted by Crippen LogP contribution is 2.22. The molecule has 0 aliphatic rings. The minimum atomic E-state index is -0.355. The van der Waals surface area contributed by atoms with E-state index < -0.39 is 0 Å². The Labute approximate surface area is 153 Å². The fourth-order valence-corrected chi connectivity index (χ4v) is 2.69. The van der Waals surface area contributed by atoms with Crippen molar-refractivity contribution in [3.05, 3.63) is 51.1 Å². The molecule has 0 radical (unpaired) electrons. The second-order valence-electron chi connectivity index (χ2n) is 4.69. The van der Waals surface area contributed by atoms with Gasteiger partial charge in [-0.15, -0.1) is 0 Å². The summed E-state index contributed by atoms with van der Waals surface area (Å²) >= 11 is 2.17. The van der Waals surface area contributed by atoms with Gasteiger partial charge < -0.3 is 14.2 Å². The number of halogens is 1. The predicted octanol–water partition coefficient (Wildman–Crippen LogP) is 3.08. The summed E-state index contributed by atoms with van der Waals surface area (Å²) in [6, 6.07) is 10.5. The number of carbonyl (C=O) groups excluding carboxylic acids is 1. The van der Waals surface area contributed by atoms with Crippen molar-refractivity contribution >= 4 is 34.7 Å². The summed E-state index contributed by atoms with van der Waals surface area (Å²) in [5.74, 6) is 1.51. The molecule has 2 aromatic carbocycles. The molecule has 0 aliphatic carbocycles. The maximum atomic E-state index is 12.2. The molecule has 1 amide bonds. The fraction of sp³-hybridized carbons (Fsp3) is 0.176. The normalized spacial score (nSPS) is 10.5. The number of hydrogen-bond donors (Lipinski definition) is 1. The minimum absolute atomic E-state index is 0.355. The summed E-state index contributed by atoms with van der Waals surface area (Å²) in [4.78, 5) is 12.2. The highest BCUT2D eigenvalue weighted by molar-refractivity contribution is 14.1. The second-order valence-corrected chi connectivity index (χ2v) is 5.86. The largest absolute Gasteiger partial charge is 0.497 e. The van der Waals surface area contributed by atoms with Crippen molar-refractivity contribution in [1.29, 1.82) is 0 Å². The molecule has 2 aromatic rings. The van der Waals surface area contributed by atoms with Crippen molar-refractivity contribution in [1.82, 2.24) is 5.43 Å². The summed E-state index contributed by atoms with van der Waals surface area (Å²) in [6.07, 6.45) is 1.57. The van der Waals surface area contributed by atoms with Crippen molar-refractivity contribution in [2.75, 3.05) is 21.3 Å². The van der Waals surface area contributed by atoms with Crippen molar-refractivity contribution in [3.8, 4) is 17.2 Å². The number of nitrogens with one attached hydrogen (secondary N) is 1. The van der Waals surface area contributed by atoms with Crippen LogP contribution >= 0.6 is 22.6 Å². The van der Waals surface area contributed by atoms with Gasteiger partial charge in [0.2, 0.25) is 0 Å². The number of amides is 1. The van der Waals surface area contributed by atoms with Crippen LogP contribution in [0.5, 0.6) is 17.2 Å². The molecule has 0 atom stereocenters. The Balaban J connectivity index is 2.08. The first-order valence-corrected chi connectivity index (χ1v) is 8.05. The molecule has 7 heteroatoms. The van der Waals surface area contributed by atoms with E-state index in [2.05, 4.69) is 33.1 Å². The average molecular weight is 440 g/mol. The van der Waals surface area contributed by atoms with E-state index in [1.54, 1.807) is 31.5 Å². The maximum Gasteiger partial charge on any atom is 0.271 e. The first-order valence-electron chi connectivity index (χ1n) is 6.97. The molecule has 0 aromatic heterocycles. The van der Waals surface area contributed by atoms with E-state index in [4.69, 9.17) is 14.2 Å². The molecule has 24 heavy (non-hydrogen) atoms. The van der Waals surface area contributed by atoms with E-state index in [9.17, 15) is 4.79 Å². The standard InChI is InChI=1S/C17H17IN2O4/c1-22-13-7-12(8-14(9-13)23-2)17(21)20-19-10-11-4-5-16(24-3)15(18)6-11/h4-10H,1-3H3,(H,20,21)/b19-10-. The quantitative estimate of drug-likeness (QED) is 0.426. The smallest absolute Gasteiger partial charge is 0.271 e. The molecule has 0 bridgehead atoms. The Morgan fingerprint density at radius 1 is 1.04 bits per heavy atom. The van der Waals surface area contributed by atoms with Crippen LogP contribution in [0.1, 0.15) is 15.9 Å². The zero-order chi connectivity index (χ0) is 17.5. The van der Waals surface area contributed by atoms with Gasteiger partial charge in [-0.1, -0.05) is 0 Å². The lowest BCUT2D eigenvalue weighted by atomic mass is 10.2. The summed E-state index contributed by atoms with van der Waals surface area (Å²) in [6.45, 7) is 0. The van der Waals surface area contributed by atoms with Gasteiger partial charge in [-0.05, 0) is 58.5 Å². The summed E-state index contributed by atoms with van der Waals surface area (Å²) in [5, 5.41) is 3.98. The maximum absolute atomic E-state index is 12.2. The summed E-state index contributed by atoms with van der Waals surface area (Å²) < 4.78 is 16.5. The zero-order valence-electron chi connectivity index (χ0n) is 13.5. The molecular formula is C17H17IN2O4. The van der Waals surface area contributed by atoms with Crippen molar-refractivity contribution < 1.29 is 19.0 Å². The Morgan fingerprint density at radius 3 is 2.25 bits per heavy atom. The number of carbonyl (C=O) groups is 1. The van der Waals surface area contributed by atoms with E-state index in [1.165, 1.54) is 14.2 Å².